The van der Waals surface area contributed by atoms with Crippen LogP contribution in [0.15, 0.2) is 18.2 Å². The first-order chi connectivity index (χ1) is 8.81. The molecule has 104 valence electrons. The van der Waals surface area contributed by atoms with E-state index in [-0.39, 0.29) is 11.6 Å². The molecule has 1 rings (SSSR count). The van der Waals surface area contributed by atoms with Crippen molar-refractivity contribution in [2.75, 3.05) is 5.32 Å². The summed E-state index contributed by atoms with van der Waals surface area (Å²) < 4.78 is 13.0. The van der Waals surface area contributed by atoms with E-state index in [2.05, 4.69) is 5.32 Å². The van der Waals surface area contributed by atoms with Crippen LogP contribution in [0.25, 0.3) is 0 Å². The first-order valence-corrected chi connectivity index (χ1v) is 5.74. The normalized spacial score (nSPS) is 12.2. The second-order valence-corrected chi connectivity index (χ2v) is 4.58. The quantitative estimate of drug-likeness (QED) is 0.612. The molecule has 0 aliphatic rings. The van der Waals surface area contributed by atoms with Gasteiger partial charge in [-0.1, -0.05) is 13.8 Å². The van der Waals surface area contributed by atoms with Crippen molar-refractivity contribution in [2.24, 2.45) is 5.92 Å². The lowest BCUT2D eigenvalue weighted by atomic mass is 10.0. The first kappa shape index (κ1) is 14.9. The monoisotopic (exact) mass is 270 g/mol. The van der Waals surface area contributed by atoms with Crippen molar-refractivity contribution in [3.8, 4) is 0 Å². The van der Waals surface area contributed by atoms with Gasteiger partial charge in [-0.25, -0.2) is 9.18 Å². The average Bonchev–Trinajstić information content (AvgIpc) is 2.29. The first-order valence-electron chi connectivity index (χ1n) is 5.74. The van der Waals surface area contributed by atoms with Gasteiger partial charge in [0.15, 0.2) is 0 Å². The number of rotatable bonds is 6. The minimum Gasteiger partial charge on any atom is -0.480 e. The number of nitro benzene ring substituents is 1. The van der Waals surface area contributed by atoms with Crippen molar-refractivity contribution >= 4 is 17.3 Å². The van der Waals surface area contributed by atoms with Crippen LogP contribution >= 0.6 is 0 Å². The molecule has 0 fully saturated rings. The molecule has 0 amide bonds. The molecule has 1 aromatic carbocycles. The van der Waals surface area contributed by atoms with Crippen LogP contribution in [0.5, 0.6) is 0 Å². The van der Waals surface area contributed by atoms with E-state index in [1.807, 2.05) is 13.8 Å². The highest BCUT2D eigenvalue weighted by molar-refractivity contribution is 5.79. The van der Waals surface area contributed by atoms with E-state index in [4.69, 9.17) is 5.11 Å². The summed E-state index contributed by atoms with van der Waals surface area (Å²) in [5.41, 5.74) is -0.477. The van der Waals surface area contributed by atoms with Crippen LogP contribution < -0.4 is 5.32 Å². The zero-order valence-electron chi connectivity index (χ0n) is 10.6. The van der Waals surface area contributed by atoms with Crippen molar-refractivity contribution in [3.05, 3.63) is 34.1 Å². The van der Waals surface area contributed by atoms with Gasteiger partial charge in [0.25, 0.3) is 5.69 Å². The molecule has 0 bridgehead atoms. The zero-order valence-corrected chi connectivity index (χ0v) is 10.6. The van der Waals surface area contributed by atoms with Crippen molar-refractivity contribution in [1.82, 2.24) is 0 Å². The Labute approximate surface area is 109 Å². The molecule has 0 aliphatic heterocycles. The van der Waals surface area contributed by atoms with Crippen LogP contribution in [0.4, 0.5) is 15.8 Å². The number of hydrogen-bond acceptors (Lipinski definition) is 4. The summed E-state index contributed by atoms with van der Waals surface area (Å²) in [7, 11) is 0. The molecule has 1 unspecified atom stereocenters. The van der Waals surface area contributed by atoms with Gasteiger partial charge in [0.05, 0.1) is 11.0 Å². The second-order valence-electron chi connectivity index (χ2n) is 4.58. The Bertz CT molecular complexity index is 491. The SMILES string of the molecule is CC(C)CC(Nc1ccc(F)cc1[N+](=O)[O-])C(=O)O. The lowest BCUT2D eigenvalue weighted by Gasteiger charge is -2.17. The predicted octanol–water partition coefficient (Wildman–Crippen LogP) is 2.65. The fourth-order valence-corrected chi connectivity index (χ4v) is 1.66. The Balaban J connectivity index is 3.02. The molecule has 0 spiro atoms. The zero-order chi connectivity index (χ0) is 14.6. The standard InChI is InChI=1S/C12H15FN2O4/c1-7(2)5-10(12(16)17)14-9-4-3-8(13)6-11(9)15(18)19/h3-4,6-7,10,14H,5H2,1-2H3,(H,16,17). The lowest BCUT2D eigenvalue weighted by molar-refractivity contribution is -0.384. The maximum absolute atomic E-state index is 13.0. The fourth-order valence-electron chi connectivity index (χ4n) is 1.66. The van der Waals surface area contributed by atoms with E-state index < -0.39 is 28.4 Å². The van der Waals surface area contributed by atoms with E-state index in [1.54, 1.807) is 0 Å². The number of carboxylic acids is 1. The van der Waals surface area contributed by atoms with Crippen LogP contribution in [0, 0.1) is 21.8 Å². The van der Waals surface area contributed by atoms with Gasteiger partial charge in [0.2, 0.25) is 0 Å². The number of aliphatic carboxylic acids is 1. The van der Waals surface area contributed by atoms with E-state index in [1.165, 1.54) is 6.07 Å². The Morgan fingerprint density at radius 1 is 1.53 bits per heavy atom. The molecule has 2 N–H and O–H groups in total. The van der Waals surface area contributed by atoms with Crippen molar-refractivity contribution in [2.45, 2.75) is 26.3 Å². The third kappa shape index (κ3) is 4.20. The van der Waals surface area contributed by atoms with E-state index >= 15 is 0 Å². The number of nitrogens with one attached hydrogen (secondary N) is 1. The van der Waals surface area contributed by atoms with Gasteiger partial charge in [-0.3, -0.25) is 10.1 Å². The largest absolute Gasteiger partial charge is 0.480 e. The number of nitrogens with zero attached hydrogens (tertiary/aromatic N) is 1. The molecule has 0 saturated carbocycles. The number of benzene rings is 1. The number of halogens is 1. The van der Waals surface area contributed by atoms with E-state index in [0.29, 0.717) is 6.42 Å². The molecule has 1 atom stereocenters. The van der Waals surface area contributed by atoms with Gasteiger partial charge < -0.3 is 10.4 Å². The summed E-state index contributed by atoms with van der Waals surface area (Å²) >= 11 is 0. The number of carbonyl (C=O) groups is 1. The van der Waals surface area contributed by atoms with Crippen LogP contribution in [-0.4, -0.2) is 22.0 Å². The van der Waals surface area contributed by atoms with Crippen molar-refractivity contribution in [3.63, 3.8) is 0 Å². The number of anilines is 1. The summed E-state index contributed by atoms with van der Waals surface area (Å²) in [5, 5.41) is 22.4. The second kappa shape index (κ2) is 6.12. The third-order valence-electron chi connectivity index (χ3n) is 2.49. The van der Waals surface area contributed by atoms with Crippen LogP contribution in [0.2, 0.25) is 0 Å². The Morgan fingerprint density at radius 2 is 2.16 bits per heavy atom. The van der Waals surface area contributed by atoms with Gasteiger partial charge in [-0.15, -0.1) is 0 Å². The maximum atomic E-state index is 13.0. The highest BCUT2D eigenvalue weighted by Crippen LogP contribution is 2.26. The summed E-state index contributed by atoms with van der Waals surface area (Å²) in [6.07, 6.45) is 0.309. The third-order valence-corrected chi connectivity index (χ3v) is 2.49. The van der Waals surface area contributed by atoms with Gasteiger partial charge in [0.1, 0.15) is 17.5 Å². The van der Waals surface area contributed by atoms with Crippen LogP contribution in [0.3, 0.4) is 0 Å². The molecule has 19 heavy (non-hydrogen) atoms. The molecule has 0 aliphatic carbocycles. The highest BCUT2D eigenvalue weighted by Gasteiger charge is 2.23. The van der Waals surface area contributed by atoms with Crippen molar-refractivity contribution in [1.29, 1.82) is 0 Å². The summed E-state index contributed by atoms with van der Waals surface area (Å²) in [6.45, 7) is 3.69. The lowest BCUT2D eigenvalue weighted by Crippen LogP contribution is -2.31. The topological polar surface area (TPSA) is 92.5 Å². The summed E-state index contributed by atoms with van der Waals surface area (Å²) in [5.74, 6) is -1.74. The van der Waals surface area contributed by atoms with Crippen molar-refractivity contribution < 1.29 is 19.2 Å². The minimum atomic E-state index is -1.10. The Hall–Kier alpha value is -2.18. The molecule has 0 radical (unpaired) electrons. The molecule has 7 heteroatoms. The minimum absolute atomic E-state index is 0.000509. The molecular weight excluding hydrogens is 255 g/mol. The summed E-state index contributed by atoms with van der Waals surface area (Å²) in [4.78, 5) is 21.1. The van der Waals surface area contributed by atoms with E-state index in [0.717, 1.165) is 12.1 Å². The number of carboxylic acid groups (broad SMARTS) is 1. The molecule has 1 aromatic rings. The molecule has 0 heterocycles. The van der Waals surface area contributed by atoms with Gasteiger partial charge >= 0.3 is 5.97 Å². The molecule has 0 aromatic heterocycles. The fraction of sp³-hybridized carbons (Fsp3) is 0.417. The van der Waals surface area contributed by atoms with Gasteiger partial charge in [0, 0.05) is 0 Å². The highest BCUT2D eigenvalue weighted by atomic mass is 19.1. The van der Waals surface area contributed by atoms with Gasteiger partial charge in [-0.05, 0) is 24.5 Å². The average molecular weight is 270 g/mol. The van der Waals surface area contributed by atoms with Gasteiger partial charge in [-0.2, -0.15) is 0 Å². The predicted molar refractivity (Wildman–Crippen MR) is 67.6 cm³/mol. The van der Waals surface area contributed by atoms with Crippen LogP contribution in [0.1, 0.15) is 20.3 Å². The van der Waals surface area contributed by atoms with Crippen LogP contribution in [-0.2, 0) is 4.79 Å². The molecule has 6 nitrogen and oxygen atoms in total. The Morgan fingerprint density at radius 3 is 2.63 bits per heavy atom. The summed E-state index contributed by atoms with van der Waals surface area (Å²) in [6, 6.07) is 2.02. The molecular formula is C12H15FN2O4. The maximum Gasteiger partial charge on any atom is 0.326 e. The smallest absolute Gasteiger partial charge is 0.326 e. The molecule has 0 saturated heterocycles. The number of nitro groups is 1. The van der Waals surface area contributed by atoms with E-state index in [9.17, 15) is 19.3 Å². The number of hydrogen-bond donors (Lipinski definition) is 2. The Kier molecular flexibility index (Phi) is 4.80.